The lowest BCUT2D eigenvalue weighted by atomic mass is 9.75. The predicted octanol–water partition coefficient (Wildman–Crippen LogP) is 7.30. The molecule has 1 nitrogen and oxygen atoms in total. The maximum Gasteiger partial charge on any atom is 0.0359 e. The Balaban J connectivity index is 1.91. The van der Waals surface area contributed by atoms with E-state index in [1.165, 1.54) is 44.2 Å². The van der Waals surface area contributed by atoms with Crippen LogP contribution in [0.25, 0.3) is 21.9 Å². The first-order valence-corrected chi connectivity index (χ1v) is 10.3. The van der Waals surface area contributed by atoms with Gasteiger partial charge in [-0.2, -0.15) is 0 Å². The highest BCUT2D eigenvalue weighted by atomic mass is 14.4. The summed E-state index contributed by atoms with van der Waals surface area (Å²) in [5.41, 5.74) is 8.82. The van der Waals surface area contributed by atoms with E-state index in [-0.39, 0.29) is 11.3 Å². The maximum atomic E-state index is 8.39. The molecule has 1 aliphatic rings. The summed E-state index contributed by atoms with van der Waals surface area (Å²) in [4.78, 5) is 0. The predicted molar refractivity (Wildman–Crippen MR) is 123 cm³/mol. The first kappa shape index (κ1) is 17.9. The van der Waals surface area contributed by atoms with Crippen LogP contribution in [0.15, 0.2) is 78.9 Å². The first-order valence-electron chi connectivity index (χ1n) is 10.3. The van der Waals surface area contributed by atoms with Crippen LogP contribution in [0.5, 0.6) is 0 Å². The Morgan fingerprint density at radius 3 is 1.86 bits per heavy atom. The van der Waals surface area contributed by atoms with Crippen LogP contribution in [-0.4, -0.2) is 6.21 Å². The molecule has 5 rings (SSSR count). The molecule has 0 aliphatic heterocycles. The van der Waals surface area contributed by atoms with Crippen molar-refractivity contribution in [2.45, 2.75) is 32.1 Å². The maximum absolute atomic E-state index is 8.39. The summed E-state index contributed by atoms with van der Waals surface area (Å²) in [6.07, 6.45) is 1.58. The molecule has 4 aromatic carbocycles. The highest BCUT2D eigenvalue weighted by Gasteiger charge is 2.33. The van der Waals surface area contributed by atoms with E-state index in [1.54, 1.807) is 6.21 Å². The van der Waals surface area contributed by atoms with Crippen molar-refractivity contribution in [2.75, 3.05) is 0 Å². The van der Waals surface area contributed by atoms with Gasteiger partial charge in [-0.3, -0.25) is 0 Å². The topological polar surface area (TPSA) is 23.9 Å². The quantitative estimate of drug-likeness (QED) is 0.313. The van der Waals surface area contributed by atoms with E-state index >= 15 is 0 Å². The van der Waals surface area contributed by atoms with Crippen molar-refractivity contribution in [3.05, 3.63) is 107 Å². The van der Waals surface area contributed by atoms with Crippen molar-refractivity contribution in [1.29, 1.82) is 5.41 Å². The zero-order valence-electron chi connectivity index (χ0n) is 17.2. The van der Waals surface area contributed by atoms with Crippen LogP contribution in [0.2, 0.25) is 0 Å². The van der Waals surface area contributed by atoms with Gasteiger partial charge in [0.2, 0.25) is 0 Å². The van der Waals surface area contributed by atoms with Gasteiger partial charge in [0.15, 0.2) is 0 Å². The molecule has 1 heteroatoms. The minimum absolute atomic E-state index is 0.0554. The minimum atomic E-state index is -0.0554. The van der Waals surface area contributed by atoms with Crippen LogP contribution in [-0.2, 0) is 5.41 Å². The lowest BCUT2D eigenvalue weighted by Gasteiger charge is -2.28. The zero-order chi connectivity index (χ0) is 20.2. The summed E-state index contributed by atoms with van der Waals surface area (Å²) in [6, 6.07) is 28.4. The number of fused-ring (bicyclic) bond motifs is 4. The Morgan fingerprint density at radius 1 is 0.724 bits per heavy atom. The molecule has 0 aromatic heterocycles. The van der Waals surface area contributed by atoms with E-state index in [4.69, 9.17) is 5.41 Å². The van der Waals surface area contributed by atoms with Gasteiger partial charge < -0.3 is 5.41 Å². The summed E-state index contributed by atoms with van der Waals surface area (Å²) in [6.45, 7) is 6.76. The molecule has 4 aromatic rings. The van der Waals surface area contributed by atoms with Crippen molar-refractivity contribution in [1.82, 2.24) is 0 Å². The Morgan fingerprint density at radius 2 is 1.28 bits per heavy atom. The molecule has 0 radical (unpaired) electrons. The molecule has 142 valence electrons. The SMILES string of the molecule is CC(C)(C)c1c(C=N)c(C2c3ccccc3-c3ccccc32)cc2ccccc12. The summed E-state index contributed by atoms with van der Waals surface area (Å²) < 4.78 is 0. The number of nitrogens with one attached hydrogen (secondary N) is 1. The molecule has 0 amide bonds. The second-order valence-corrected chi connectivity index (χ2v) is 8.98. The van der Waals surface area contributed by atoms with Crippen molar-refractivity contribution >= 4 is 17.0 Å². The molecular formula is C28H25N. The van der Waals surface area contributed by atoms with E-state index in [0.29, 0.717) is 0 Å². The highest BCUT2D eigenvalue weighted by Crippen LogP contribution is 2.50. The number of benzene rings is 4. The van der Waals surface area contributed by atoms with Crippen molar-refractivity contribution in [3.63, 3.8) is 0 Å². The summed E-state index contributed by atoms with van der Waals surface area (Å²) in [7, 11) is 0. The Hall–Kier alpha value is -3.19. The molecule has 0 saturated carbocycles. The molecular weight excluding hydrogens is 350 g/mol. The lowest BCUT2D eigenvalue weighted by Crippen LogP contribution is -2.18. The van der Waals surface area contributed by atoms with Gasteiger partial charge in [-0.05, 0) is 55.6 Å². The van der Waals surface area contributed by atoms with E-state index in [0.717, 1.165) is 5.56 Å². The summed E-state index contributed by atoms with van der Waals surface area (Å²) in [5.74, 6) is 0.157. The van der Waals surface area contributed by atoms with Gasteiger partial charge in [0.05, 0.1) is 0 Å². The fraction of sp³-hybridized carbons (Fsp3) is 0.179. The third kappa shape index (κ3) is 2.65. The van der Waals surface area contributed by atoms with Gasteiger partial charge in [0, 0.05) is 17.7 Å². The molecule has 29 heavy (non-hydrogen) atoms. The molecule has 1 N–H and O–H groups in total. The molecule has 0 atom stereocenters. The van der Waals surface area contributed by atoms with Gasteiger partial charge in [0.25, 0.3) is 0 Å². The van der Waals surface area contributed by atoms with E-state index in [2.05, 4.69) is 99.6 Å². The van der Waals surface area contributed by atoms with Crippen molar-refractivity contribution in [2.24, 2.45) is 0 Å². The molecule has 0 spiro atoms. The van der Waals surface area contributed by atoms with Crippen LogP contribution in [0.3, 0.4) is 0 Å². The van der Waals surface area contributed by atoms with Crippen LogP contribution in [0, 0.1) is 5.41 Å². The summed E-state index contributed by atoms with van der Waals surface area (Å²) >= 11 is 0. The van der Waals surface area contributed by atoms with Gasteiger partial charge in [0.1, 0.15) is 0 Å². The zero-order valence-corrected chi connectivity index (χ0v) is 17.2. The average molecular weight is 376 g/mol. The first-order chi connectivity index (χ1) is 14.0. The van der Waals surface area contributed by atoms with Crippen molar-refractivity contribution < 1.29 is 0 Å². The molecule has 0 fully saturated rings. The van der Waals surface area contributed by atoms with Gasteiger partial charge in [-0.1, -0.05) is 93.6 Å². The Labute approximate surface area is 172 Å². The van der Waals surface area contributed by atoms with E-state index in [1.807, 2.05) is 0 Å². The fourth-order valence-electron chi connectivity index (χ4n) is 5.08. The van der Waals surface area contributed by atoms with E-state index in [9.17, 15) is 0 Å². The van der Waals surface area contributed by atoms with Gasteiger partial charge >= 0.3 is 0 Å². The fourth-order valence-corrected chi connectivity index (χ4v) is 5.08. The standard InChI is InChI=1S/C28H25N/c1-28(2,3)27-19-11-5-4-10-18(19)16-24(25(27)17-29)26-22-14-8-6-12-20(22)21-13-7-9-15-23(21)26/h4-17,26,29H,1-3H3. The second-order valence-electron chi connectivity index (χ2n) is 8.98. The molecule has 0 saturated heterocycles. The lowest BCUT2D eigenvalue weighted by molar-refractivity contribution is 0.594. The minimum Gasteiger partial charge on any atom is -0.308 e. The second kappa shape index (κ2) is 6.42. The monoisotopic (exact) mass is 375 g/mol. The molecule has 1 aliphatic carbocycles. The smallest absolute Gasteiger partial charge is 0.0359 e. The molecule has 0 heterocycles. The molecule has 0 unspecified atom stereocenters. The van der Waals surface area contributed by atoms with Crippen molar-refractivity contribution in [3.8, 4) is 11.1 Å². The van der Waals surface area contributed by atoms with Crippen LogP contribution >= 0.6 is 0 Å². The number of rotatable bonds is 2. The van der Waals surface area contributed by atoms with E-state index < -0.39 is 0 Å². The third-order valence-electron chi connectivity index (χ3n) is 6.16. The number of hydrogen-bond donors (Lipinski definition) is 1. The number of hydrogen-bond acceptors (Lipinski definition) is 1. The third-order valence-corrected chi connectivity index (χ3v) is 6.16. The average Bonchev–Trinajstić information content (AvgIpc) is 3.06. The van der Waals surface area contributed by atoms with Gasteiger partial charge in [-0.25, -0.2) is 0 Å². The van der Waals surface area contributed by atoms with Crippen LogP contribution in [0.1, 0.15) is 54.5 Å². The largest absolute Gasteiger partial charge is 0.308 e. The normalized spacial score (nSPS) is 13.3. The highest BCUT2D eigenvalue weighted by molar-refractivity contribution is 5.98. The van der Waals surface area contributed by atoms with Gasteiger partial charge in [-0.15, -0.1) is 0 Å². The van der Waals surface area contributed by atoms with Crippen LogP contribution in [0.4, 0.5) is 0 Å². The molecule has 0 bridgehead atoms. The van der Waals surface area contributed by atoms with Crippen LogP contribution < -0.4 is 0 Å². The summed E-state index contributed by atoms with van der Waals surface area (Å²) in [5, 5.41) is 10.9. The Bertz CT molecular complexity index is 1210. The Kier molecular flexibility index (Phi) is 3.96.